The van der Waals surface area contributed by atoms with Crippen molar-refractivity contribution in [1.29, 1.82) is 0 Å². The van der Waals surface area contributed by atoms with Gasteiger partial charge in [0, 0.05) is 42.3 Å². The van der Waals surface area contributed by atoms with Gasteiger partial charge in [-0.2, -0.15) is 0 Å². The fourth-order valence-electron chi connectivity index (χ4n) is 2.98. The van der Waals surface area contributed by atoms with Gasteiger partial charge in [-0.15, -0.1) is 0 Å². The summed E-state index contributed by atoms with van der Waals surface area (Å²) in [5.74, 6) is 1.43. The molecule has 0 saturated heterocycles. The Balaban J connectivity index is 1.47. The number of carbonyl (C=O) groups excluding carboxylic acids is 2. The molecule has 0 atom stereocenters. The van der Waals surface area contributed by atoms with Gasteiger partial charge in [-0.05, 0) is 68.8 Å². The first-order valence-corrected chi connectivity index (χ1v) is 9.97. The van der Waals surface area contributed by atoms with E-state index in [1.165, 1.54) is 0 Å². The van der Waals surface area contributed by atoms with E-state index in [9.17, 15) is 9.59 Å². The minimum atomic E-state index is -0.215. The molecule has 156 valence electrons. The standard InChI is InChI=1S/C23H26N4O3/c1-3-30-21-12-10-20(11-13-21)26-23(29)18-6-8-19(9-7-18)25-22(28)5-4-15-27-16-14-24-17(27)2/h6-14,16H,3-5,15H2,1-2H3,(H,25,28)(H,26,29). The van der Waals surface area contributed by atoms with Gasteiger partial charge in [0.1, 0.15) is 11.6 Å². The zero-order valence-corrected chi connectivity index (χ0v) is 17.2. The Morgan fingerprint density at radius 2 is 1.67 bits per heavy atom. The molecule has 1 heterocycles. The number of imidazole rings is 1. The Hall–Kier alpha value is -3.61. The maximum Gasteiger partial charge on any atom is 0.255 e. The van der Waals surface area contributed by atoms with Gasteiger partial charge >= 0.3 is 0 Å². The van der Waals surface area contributed by atoms with E-state index in [4.69, 9.17) is 4.74 Å². The Labute approximate surface area is 176 Å². The molecule has 3 rings (SSSR count). The second-order valence-electron chi connectivity index (χ2n) is 6.81. The first-order valence-electron chi connectivity index (χ1n) is 9.97. The van der Waals surface area contributed by atoms with Gasteiger partial charge in [0.05, 0.1) is 6.61 Å². The normalized spacial score (nSPS) is 10.5. The molecule has 0 aliphatic rings. The summed E-state index contributed by atoms with van der Waals surface area (Å²) in [6, 6.07) is 14.0. The Morgan fingerprint density at radius 3 is 2.30 bits per heavy atom. The van der Waals surface area contributed by atoms with E-state index < -0.39 is 0 Å². The third-order valence-electron chi connectivity index (χ3n) is 4.58. The van der Waals surface area contributed by atoms with Gasteiger partial charge in [-0.25, -0.2) is 4.98 Å². The maximum absolute atomic E-state index is 12.4. The van der Waals surface area contributed by atoms with E-state index >= 15 is 0 Å². The maximum atomic E-state index is 12.4. The summed E-state index contributed by atoms with van der Waals surface area (Å²) in [4.78, 5) is 28.7. The van der Waals surface area contributed by atoms with Crippen molar-refractivity contribution in [2.24, 2.45) is 0 Å². The van der Waals surface area contributed by atoms with Crippen molar-refractivity contribution in [3.63, 3.8) is 0 Å². The van der Waals surface area contributed by atoms with Crippen LogP contribution in [0.3, 0.4) is 0 Å². The van der Waals surface area contributed by atoms with Crippen LogP contribution in [0, 0.1) is 6.92 Å². The second-order valence-corrected chi connectivity index (χ2v) is 6.81. The van der Waals surface area contributed by atoms with Crippen LogP contribution in [0.25, 0.3) is 0 Å². The molecule has 0 fully saturated rings. The summed E-state index contributed by atoms with van der Waals surface area (Å²) in [5.41, 5.74) is 1.86. The molecule has 30 heavy (non-hydrogen) atoms. The number of aryl methyl sites for hydroxylation is 2. The zero-order chi connectivity index (χ0) is 21.3. The largest absolute Gasteiger partial charge is 0.494 e. The SMILES string of the molecule is CCOc1ccc(NC(=O)c2ccc(NC(=O)CCCn3ccnc3C)cc2)cc1. The third-order valence-corrected chi connectivity index (χ3v) is 4.58. The van der Waals surface area contributed by atoms with Crippen LogP contribution in [-0.4, -0.2) is 28.0 Å². The van der Waals surface area contributed by atoms with Gasteiger partial charge in [-0.3, -0.25) is 9.59 Å². The highest BCUT2D eigenvalue weighted by Gasteiger charge is 2.08. The van der Waals surface area contributed by atoms with Crippen molar-refractivity contribution >= 4 is 23.2 Å². The monoisotopic (exact) mass is 406 g/mol. The number of anilines is 2. The quantitative estimate of drug-likeness (QED) is 0.556. The van der Waals surface area contributed by atoms with E-state index in [1.54, 1.807) is 42.6 Å². The van der Waals surface area contributed by atoms with Crippen LogP contribution >= 0.6 is 0 Å². The van der Waals surface area contributed by atoms with Crippen LogP contribution in [0.1, 0.15) is 35.9 Å². The molecule has 2 amide bonds. The topological polar surface area (TPSA) is 85.3 Å². The molecule has 1 aromatic heterocycles. The molecule has 0 bridgehead atoms. The van der Waals surface area contributed by atoms with Gasteiger partial charge in [0.15, 0.2) is 0 Å². The molecule has 3 aromatic rings. The molecule has 0 aliphatic heterocycles. The summed E-state index contributed by atoms with van der Waals surface area (Å²) in [5, 5.41) is 5.71. The molecule has 7 heteroatoms. The van der Waals surface area contributed by atoms with Crippen LogP contribution in [0.5, 0.6) is 5.75 Å². The molecule has 0 radical (unpaired) electrons. The average Bonchev–Trinajstić information content (AvgIpc) is 3.15. The highest BCUT2D eigenvalue weighted by molar-refractivity contribution is 6.04. The molecule has 7 nitrogen and oxygen atoms in total. The summed E-state index contributed by atoms with van der Waals surface area (Å²) in [6.07, 6.45) is 4.80. The van der Waals surface area contributed by atoms with Crippen molar-refractivity contribution in [2.45, 2.75) is 33.2 Å². The predicted octanol–water partition coefficient (Wildman–Crippen LogP) is 4.26. The van der Waals surface area contributed by atoms with Crippen LogP contribution < -0.4 is 15.4 Å². The van der Waals surface area contributed by atoms with Crippen molar-refractivity contribution in [2.75, 3.05) is 17.2 Å². The second kappa shape index (κ2) is 10.2. The van der Waals surface area contributed by atoms with Crippen molar-refractivity contribution in [1.82, 2.24) is 9.55 Å². The number of benzene rings is 2. The van der Waals surface area contributed by atoms with E-state index in [-0.39, 0.29) is 11.8 Å². The Bertz CT molecular complexity index is 978. The minimum Gasteiger partial charge on any atom is -0.494 e. The lowest BCUT2D eigenvalue weighted by atomic mass is 10.2. The highest BCUT2D eigenvalue weighted by atomic mass is 16.5. The van der Waals surface area contributed by atoms with E-state index in [1.807, 2.05) is 36.7 Å². The summed E-state index contributed by atoms with van der Waals surface area (Å²) in [7, 11) is 0. The molecular formula is C23H26N4O3. The number of amides is 2. The fourth-order valence-corrected chi connectivity index (χ4v) is 2.98. The van der Waals surface area contributed by atoms with Crippen molar-refractivity contribution in [3.05, 3.63) is 72.3 Å². The van der Waals surface area contributed by atoms with Gasteiger partial charge in [0.2, 0.25) is 5.91 Å². The highest BCUT2D eigenvalue weighted by Crippen LogP contribution is 2.17. The predicted molar refractivity (Wildman–Crippen MR) is 117 cm³/mol. The smallest absolute Gasteiger partial charge is 0.255 e. The average molecular weight is 406 g/mol. The van der Waals surface area contributed by atoms with E-state index in [0.29, 0.717) is 30.0 Å². The molecule has 0 saturated carbocycles. The summed E-state index contributed by atoms with van der Waals surface area (Å²) in [6.45, 7) is 5.21. The van der Waals surface area contributed by atoms with Gasteiger partial charge in [0.25, 0.3) is 5.91 Å². The third kappa shape index (κ3) is 5.94. The van der Waals surface area contributed by atoms with Crippen LogP contribution in [0.15, 0.2) is 60.9 Å². The van der Waals surface area contributed by atoms with Crippen molar-refractivity contribution < 1.29 is 14.3 Å². The number of hydrogen-bond donors (Lipinski definition) is 2. The lowest BCUT2D eigenvalue weighted by Gasteiger charge is -2.09. The number of nitrogens with zero attached hydrogens (tertiary/aromatic N) is 2. The molecule has 2 N–H and O–H groups in total. The molecule has 2 aromatic carbocycles. The van der Waals surface area contributed by atoms with Crippen molar-refractivity contribution in [3.8, 4) is 5.75 Å². The Kier molecular flexibility index (Phi) is 7.21. The molecule has 0 aliphatic carbocycles. The van der Waals surface area contributed by atoms with Crippen LogP contribution in [-0.2, 0) is 11.3 Å². The molecule has 0 unspecified atom stereocenters. The fraction of sp³-hybridized carbons (Fsp3) is 0.261. The van der Waals surface area contributed by atoms with E-state index in [0.717, 1.165) is 24.5 Å². The van der Waals surface area contributed by atoms with Gasteiger partial charge in [-0.1, -0.05) is 0 Å². The number of rotatable bonds is 9. The first-order chi connectivity index (χ1) is 14.5. The van der Waals surface area contributed by atoms with E-state index in [2.05, 4.69) is 15.6 Å². The first kappa shape index (κ1) is 21.1. The number of ether oxygens (including phenoxy) is 1. The number of carbonyl (C=O) groups is 2. The number of nitrogens with one attached hydrogen (secondary N) is 2. The summed E-state index contributed by atoms with van der Waals surface area (Å²) >= 11 is 0. The molecular weight excluding hydrogens is 380 g/mol. The number of hydrogen-bond acceptors (Lipinski definition) is 4. The molecule has 0 spiro atoms. The van der Waals surface area contributed by atoms with Gasteiger partial charge < -0.3 is 19.9 Å². The van der Waals surface area contributed by atoms with Crippen LogP contribution in [0.2, 0.25) is 0 Å². The lowest BCUT2D eigenvalue weighted by Crippen LogP contribution is -2.14. The number of aromatic nitrogens is 2. The van der Waals surface area contributed by atoms with Crippen LogP contribution in [0.4, 0.5) is 11.4 Å². The zero-order valence-electron chi connectivity index (χ0n) is 17.2. The lowest BCUT2D eigenvalue weighted by molar-refractivity contribution is -0.116. The minimum absolute atomic E-state index is 0.0562. The summed E-state index contributed by atoms with van der Waals surface area (Å²) < 4.78 is 7.41. The Morgan fingerprint density at radius 1 is 1.00 bits per heavy atom.